The van der Waals surface area contributed by atoms with Gasteiger partial charge in [-0.1, -0.05) is 32.1 Å². The topological polar surface area (TPSA) is 62.3 Å². The van der Waals surface area contributed by atoms with Crippen molar-refractivity contribution in [2.45, 2.75) is 62.8 Å². The Bertz CT molecular complexity index is 653. The first kappa shape index (κ1) is 21.2. The number of carbonyl (C=O) groups excluding carboxylic acids is 2. The van der Waals surface area contributed by atoms with E-state index in [0.717, 1.165) is 49.8 Å². The average Bonchev–Trinajstić information content (AvgIpc) is 2.76. The van der Waals surface area contributed by atoms with Crippen molar-refractivity contribution >= 4 is 23.6 Å². The van der Waals surface area contributed by atoms with Crippen LogP contribution in [0, 0.1) is 11.8 Å². The molecule has 1 aromatic rings. The second kappa shape index (κ2) is 10.8. The first-order valence-electron chi connectivity index (χ1n) is 10.7. The zero-order valence-electron chi connectivity index (χ0n) is 17.0. The highest BCUT2D eigenvalue weighted by atomic mass is 32.2. The van der Waals surface area contributed by atoms with E-state index in [1.54, 1.807) is 6.20 Å². The largest absolute Gasteiger partial charge is 0.356 e. The molecular formula is C22H33N3O2S. The Hall–Kier alpha value is -1.56. The molecule has 0 aromatic carbocycles. The van der Waals surface area contributed by atoms with Crippen LogP contribution in [0.25, 0.3) is 0 Å². The third kappa shape index (κ3) is 5.97. The van der Waals surface area contributed by atoms with Crippen molar-refractivity contribution in [1.29, 1.82) is 0 Å². The summed E-state index contributed by atoms with van der Waals surface area (Å²) in [5.74, 6) is 1.50. The molecule has 0 spiro atoms. The zero-order valence-corrected chi connectivity index (χ0v) is 17.8. The predicted octanol–water partition coefficient (Wildman–Crippen LogP) is 4.13. The van der Waals surface area contributed by atoms with Gasteiger partial charge >= 0.3 is 0 Å². The van der Waals surface area contributed by atoms with Crippen LogP contribution in [-0.2, 0) is 4.79 Å². The van der Waals surface area contributed by atoms with Crippen molar-refractivity contribution in [2.75, 3.05) is 25.9 Å². The minimum Gasteiger partial charge on any atom is -0.356 e. The molecule has 1 N–H and O–H groups in total. The van der Waals surface area contributed by atoms with Gasteiger partial charge in [-0.15, -0.1) is 11.8 Å². The van der Waals surface area contributed by atoms with Gasteiger partial charge in [0.05, 0.1) is 5.56 Å². The molecule has 0 unspecified atom stereocenters. The molecule has 2 amide bonds. The van der Waals surface area contributed by atoms with Gasteiger partial charge in [-0.25, -0.2) is 4.98 Å². The van der Waals surface area contributed by atoms with Gasteiger partial charge in [0.15, 0.2) is 0 Å². The third-order valence-electron chi connectivity index (χ3n) is 6.19. The van der Waals surface area contributed by atoms with E-state index >= 15 is 0 Å². The van der Waals surface area contributed by atoms with Crippen LogP contribution in [0.3, 0.4) is 0 Å². The number of nitrogens with zero attached hydrogens (tertiary/aromatic N) is 2. The normalized spacial score (nSPS) is 18.8. The molecule has 2 aliphatic rings. The summed E-state index contributed by atoms with van der Waals surface area (Å²) in [7, 11) is 0. The molecule has 1 aliphatic heterocycles. The van der Waals surface area contributed by atoms with Crippen LogP contribution in [0.15, 0.2) is 23.4 Å². The molecule has 0 atom stereocenters. The lowest BCUT2D eigenvalue weighted by Gasteiger charge is -2.32. The van der Waals surface area contributed by atoms with Gasteiger partial charge in [-0.3, -0.25) is 9.59 Å². The third-order valence-corrected chi connectivity index (χ3v) is 6.90. The zero-order chi connectivity index (χ0) is 19.8. The summed E-state index contributed by atoms with van der Waals surface area (Å²) < 4.78 is 0. The lowest BCUT2D eigenvalue weighted by molar-refractivity contribution is -0.121. The predicted molar refractivity (Wildman–Crippen MR) is 113 cm³/mol. The highest BCUT2D eigenvalue weighted by molar-refractivity contribution is 7.98. The highest BCUT2D eigenvalue weighted by Crippen LogP contribution is 2.27. The number of carbonyl (C=O) groups is 2. The Morgan fingerprint density at radius 1 is 1.14 bits per heavy atom. The van der Waals surface area contributed by atoms with E-state index < -0.39 is 0 Å². The van der Waals surface area contributed by atoms with Crippen LogP contribution in [0.4, 0.5) is 0 Å². The van der Waals surface area contributed by atoms with E-state index in [9.17, 15) is 9.59 Å². The Kier molecular flexibility index (Phi) is 8.19. The standard InChI is InChI=1S/C22H33N3O2S/c1-28-21-19(8-5-13-23-21)22(27)25-14-11-18(12-15-25)16-24-20(26)10-9-17-6-3-2-4-7-17/h5,8,13,17-18H,2-4,6-7,9-12,14-16H2,1H3,(H,24,26). The van der Waals surface area contributed by atoms with Crippen molar-refractivity contribution in [3.63, 3.8) is 0 Å². The fraction of sp³-hybridized carbons (Fsp3) is 0.682. The van der Waals surface area contributed by atoms with Crippen molar-refractivity contribution in [3.8, 4) is 0 Å². The number of pyridine rings is 1. The molecule has 0 bridgehead atoms. The number of amides is 2. The number of likely N-dealkylation sites (tertiary alicyclic amines) is 1. The second-order valence-electron chi connectivity index (χ2n) is 8.14. The molecule has 28 heavy (non-hydrogen) atoms. The quantitative estimate of drug-likeness (QED) is 0.695. The summed E-state index contributed by atoms with van der Waals surface area (Å²) in [6.07, 6.45) is 13.9. The molecule has 2 fully saturated rings. The molecule has 0 radical (unpaired) electrons. The summed E-state index contributed by atoms with van der Waals surface area (Å²) >= 11 is 1.51. The summed E-state index contributed by atoms with van der Waals surface area (Å²) in [6, 6.07) is 3.68. The Morgan fingerprint density at radius 3 is 2.61 bits per heavy atom. The van der Waals surface area contributed by atoms with Crippen LogP contribution < -0.4 is 5.32 Å². The Balaban J connectivity index is 1.37. The summed E-state index contributed by atoms with van der Waals surface area (Å²) in [4.78, 5) is 31.2. The number of rotatable bonds is 7. The van der Waals surface area contributed by atoms with E-state index in [1.807, 2.05) is 23.3 Å². The minimum atomic E-state index is 0.0763. The summed E-state index contributed by atoms with van der Waals surface area (Å²) in [5, 5.41) is 3.92. The van der Waals surface area contributed by atoms with Crippen molar-refractivity contribution in [2.24, 2.45) is 11.8 Å². The molecule has 1 saturated heterocycles. The smallest absolute Gasteiger partial charge is 0.256 e. The van der Waals surface area contributed by atoms with Crippen molar-refractivity contribution in [3.05, 3.63) is 23.9 Å². The molecular weight excluding hydrogens is 370 g/mol. The molecule has 6 heteroatoms. The number of aromatic nitrogens is 1. The first-order valence-corrected chi connectivity index (χ1v) is 11.9. The maximum atomic E-state index is 12.8. The lowest BCUT2D eigenvalue weighted by Crippen LogP contribution is -2.41. The van der Waals surface area contributed by atoms with Crippen LogP contribution in [-0.4, -0.2) is 47.6 Å². The molecule has 1 saturated carbocycles. The Labute approximate surface area is 173 Å². The SMILES string of the molecule is CSc1ncccc1C(=O)N1CCC(CNC(=O)CCC2CCCCC2)CC1. The maximum Gasteiger partial charge on any atom is 0.256 e. The Morgan fingerprint density at radius 2 is 1.89 bits per heavy atom. The number of hydrogen-bond donors (Lipinski definition) is 1. The van der Waals surface area contributed by atoms with Crippen molar-refractivity contribution in [1.82, 2.24) is 15.2 Å². The second-order valence-corrected chi connectivity index (χ2v) is 8.94. The van der Waals surface area contributed by atoms with Gasteiger partial charge in [0.25, 0.3) is 5.91 Å². The van der Waals surface area contributed by atoms with E-state index in [0.29, 0.717) is 17.9 Å². The fourth-order valence-electron chi connectivity index (χ4n) is 4.38. The molecule has 2 heterocycles. The first-order chi connectivity index (χ1) is 13.7. The molecule has 3 rings (SSSR count). The lowest BCUT2D eigenvalue weighted by atomic mass is 9.86. The molecule has 1 aliphatic carbocycles. The average molecular weight is 404 g/mol. The van der Waals surface area contributed by atoms with E-state index in [-0.39, 0.29) is 11.8 Å². The summed E-state index contributed by atoms with van der Waals surface area (Å²) in [6.45, 7) is 2.25. The van der Waals surface area contributed by atoms with Gasteiger partial charge in [0.2, 0.25) is 5.91 Å². The van der Waals surface area contributed by atoms with E-state index in [2.05, 4.69) is 10.3 Å². The number of hydrogen-bond acceptors (Lipinski definition) is 4. The highest BCUT2D eigenvalue weighted by Gasteiger charge is 2.25. The monoisotopic (exact) mass is 403 g/mol. The summed E-state index contributed by atoms with van der Waals surface area (Å²) in [5.41, 5.74) is 0.699. The maximum absolute atomic E-state index is 12.8. The van der Waals surface area contributed by atoms with Crippen LogP contribution in [0.5, 0.6) is 0 Å². The van der Waals surface area contributed by atoms with E-state index in [4.69, 9.17) is 0 Å². The molecule has 5 nitrogen and oxygen atoms in total. The number of nitrogens with one attached hydrogen (secondary N) is 1. The van der Waals surface area contributed by atoms with Gasteiger partial charge in [0.1, 0.15) is 5.03 Å². The van der Waals surface area contributed by atoms with E-state index in [1.165, 1.54) is 43.9 Å². The molecule has 1 aromatic heterocycles. The number of piperidine rings is 1. The van der Waals surface area contributed by atoms with Crippen LogP contribution in [0.2, 0.25) is 0 Å². The fourth-order valence-corrected chi connectivity index (χ4v) is 4.93. The van der Waals surface area contributed by atoms with Crippen molar-refractivity contribution < 1.29 is 9.59 Å². The van der Waals surface area contributed by atoms with Gasteiger partial charge < -0.3 is 10.2 Å². The minimum absolute atomic E-state index is 0.0763. The van der Waals surface area contributed by atoms with Crippen LogP contribution in [0.1, 0.15) is 68.1 Å². The molecule has 154 valence electrons. The number of thioether (sulfide) groups is 1. The van der Waals surface area contributed by atoms with Gasteiger partial charge in [-0.05, 0) is 49.5 Å². The van der Waals surface area contributed by atoms with Gasteiger partial charge in [-0.2, -0.15) is 0 Å². The van der Waals surface area contributed by atoms with Crippen LogP contribution >= 0.6 is 11.8 Å². The van der Waals surface area contributed by atoms with Gasteiger partial charge in [0, 0.05) is 32.3 Å².